The van der Waals surface area contributed by atoms with Gasteiger partial charge in [-0.25, -0.2) is 0 Å². The van der Waals surface area contributed by atoms with E-state index < -0.39 is 18.5 Å². The van der Waals surface area contributed by atoms with Crippen molar-refractivity contribution in [3.63, 3.8) is 0 Å². The average Bonchev–Trinajstić information content (AvgIpc) is 3.27. The Labute approximate surface area is 158 Å². The van der Waals surface area contributed by atoms with Gasteiger partial charge in [0, 0.05) is 15.9 Å². The van der Waals surface area contributed by atoms with Gasteiger partial charge >= 0.3 is 6.18 Å². The summed E-state index contributed by atoms with van der Waals surface area (Å²) >= 11 is 6.09. The Kier molecular flexibility index (Phi) is 4.48. The van der Waals surface area contributed by atoms with Crippen LogP contribution in [0.3, 0.4) is 0 Å². The Morgan fingerprint density at radius 3 is 2.44 bits per heavy atom. The van der Waals surface area contributed by atoms with Crippen LogP contribution in [-0.4, -0.2) is 11.2 Å². The molecule has 0 fully saturated rings. The van der Waals surface area contributed by atoms with Crippen LogP contribution in [0.15, 0.2) is 71.3 Å². The quantitative estimate of drug-likeness (QED) is 0.394. The zero-order chi connectivity index (χ0) is 19.0. The number of furan rings is 1. The van der Waals surface area contributed by atoms with E-state index >= 15 is 0 Å². The van der Waals surface area contributed by atoms with Crippen LogP contribution >= 0.6 is 11.6 Å². The number of fused-ring (bicyclic) bond motifs is 1. The first-order valence-corrected chi connectivity index (χ1v) is 8.77. The van der Waals surface area contributed by atoms with E-state index in [0.29, 0.717) is 27.2 Å². The largest absolute Gasteiger partial charge is 0.469 e. The molecule has 4 aromatic rings. The number of nitrogens with one attached hydrogen (secondary N) is 1. The van der Waals surface area contributed by atoms with Crippen molar-refractivity contribution in [1.29, 1.82) is 0 Å². The zero-order valence-corrected chi connectivity index (χ0v) is 14.8. The molecule has 0 amide bonds. The lowest BCUT2D eigenvalue weighted by atomic mass is 9.88. The minimum absolute atomic E-state index is 0.278. The summed E-state index contributed by atoms with van der Waals surface area (Å²) in [6.07, 6.45) is -3.97. The molecule has 0 radical (unpaired) electrons. The van der Waals surface area contributed by atoms with Crippen LogP contribution in [0.25, 0.3) is 22.2 Å². The number of benzene rings is 2. The maximum absolute atomic E-state index is 13.4. The predicted molar refractivity (Wildman–Crippen MR) is 100.0 cm³/mol. The van der Waals surface area contributed by atoms with E-state index in [1.165, 1.54) is 6.26 Å². The van der Waals surface area contributed by atoms with Gasteiger partial charge in [-0.05, 0) is 35.4 Å². The number of alkyl halides is 3. The lowest BCUT2D eigenvalue weighted by molar-refractivity contribution is -0.137. The summed E-state index contributed by atoms with van der Waals surface area (Å²) in [6.45, 7) is 0. The molecule has 0 saturated carbocycles. The highest BCUT2D eigenvalue weighted by molar-refractivity contribution is 6.31. The SMILES string of the molecule is FC(F)(F)C[C@@H](c1ccco1)c1c(-c2ccccc2)[nH]c2cc(Cl)ccc12. The molecule has 0 saturated heterocycles. The second-order valence-electron chi connectivity index (χ2n) is 6.36. The highest BCUT2D eigenvalue weighted by Crippen LogP contribution is 2.44. The summed E-state index contributed by atoms with van der Waals surface area (Å²) in [5.41, 5.74) is 2.69. The van der Waals surface area contributed by atoms with Crippen molar-refractivity contribution in [2.45, 2.75) is 18.5 Å². The van der Waals surface area contributed by atoms with Crippen molar-refractivity contribution in [3.8, 4) is 11.3 Å². The molecule has 0 bridgehead atoms. The molecule has 0 aliphatic rings. The van der Waals surface area contributed by atoms with Crippen molar-refractivity contribution in [1.82, 2.24) is 4.98 Å². The summed E-state index contributed by atoms with van der Waals surface area (Å²) in [5, 5.41) is 1.21. The Hall–Kier alpha value is -2.66. The van der Waals surface area contributed by atoms with E-state index in [0.717, 1.165) is 5.56 Å². The molecule has 2 aromatic carbocycles. The molecule has 4 rings (SSSR count). The van der Waals surface area contributed by atoms with E-state index in [1.54, 1.807) is 30.3 Å². The van der Waals surface area contributed by atoms with Gasteiger partial charge in [-0.15, -0.1) is 0 Å². The van der Waals surface area contributed by atoms with Crippen LogP contribution in [-0.2, 0) is 0 Å². The molecule has 2 heterocycles. The van der Waals surface area contributed by atoms with Gasteiger partial charge in [-0.1, -0.05) is 48.0 Å². The number of H-pyrrole nitrogens is 1. The molecule has 6 heteroatoms. The van der Waals surface area contributed by atoms with Gasteiger partial charge in [0.2, 0.25) is 0 Å². The zero-order valence-electron chi connectivity index (χ0n) is 14.1. The molecule has 2 nitrogen and oxygen atoms in total. The summed E-state index contributed by atoms with van der Waals surface area (Å²) in [4.78, 5) is 3.26. The van der Waals surface area contributed by atoms with Gasteiger partial charge in [-0.3, -0.25) is 0 Å². The standard InChI is InChI=1S/C21H15ClF3NO/c22-14-8-9-15-17(11-14)26-20(13-5-2-1-3-6-13)19(15)16(12-21(23,24)25)18-7-4-10-27-18/h1-11,16,26H,12H2/t16-/m0/s1. The maximum atomic E-state index is 13.4. The molecule has 1 N–H and O–H groups in total. The topological polar surface area (TPSA) is 28.9 Å². The van der Waals surface area contributed by atoms with Crippen LogP contribution in [0.1, 0.15) is 23.7 Å². The number of aromatic amines is 1. The number of halogens is 4. The van der Waals surface area contributed by atoms with Gasteiger partial charge in [-0.2, -0.15) is 13.2 Å². The van der Waals surface area contributed by atoms with Crippen LogP contribution < -0.4 is 0 Å². The average molecular weight is 390 g/mol. The van der Waals surface area contributed by atoms with Crippen molar-refractivity contribution in [3.05, 3.63) is 83.3 Å². The third-order valence-corrected chi connectivity index (χ3v) is 4.77. The summed E-state index contributed by atoms with van der Waals surface area (Å²) in [7, 11) is 0. The first-order chi connectivity index (χ1) is 12.9. The normalized spacial score (nSPS) is 13.2. The molecule has 0 unspecified atom stereocenters. The van der Waals surface area contributed by atoms with Crippen molar-refractivity contribution in [2.75, 3.05) is 0 Å². The highest BCUT2D eigenvalue weighted by Gasteiger charge is 2.37. The molecule has 0 aliphatic carbocycles. The lowest BCUT2D eigenvalue weighted by Crippen LogP contribution is -2.15. The molecule has 2 aromatic heterocycles. The number of hydrogen-bond donors (Lipinski definition) is 1. The fourth-order valence-corrected chi connectivity index (χ4v) is 3.62. The fourth-order valence-electron chi connectivity index (χ4n) is 3.45. The Morgan fingerprint density at radius 1 is 1.00 bits per heavy atom. The maximum Gasteiger partial charge on any atom is 0.390 e. The van der Waals surface area contributed by atoms with E-state index in [4.69, 9.17) is 16.0 Å². The van der Waals surface area contributed by atoms with Gasteiger partial charge in [0.25, 0.3) is 0 Å². The molecule has 27 heavy (non-hydrogen) atoms. The first-order valence-electron chi connectivity index (χ1n) is 8.39. The number of rotatable bonds is 4. The third kappa shape index (κ3) is 3.60. The number of hydrogen-bond acceptors (Lipinski definition) is 1. The molecule has 0 aliphatic heterocycles. The second-order valence-corrected chi connectivity index (χ2v) is 6.79. The minimum atomic E-state index is -4.35. The molecule has 138 valence electrons. The summed E-state index contributed by atoms with van der Waals surface area (Å²) < 4.78 is 45.6. The Morgan fingerprint density at radius 2 is 1.78 bits per heavy atom. The van der Waals surface area contributed by atoms with Gasteiger partial charge in [0.15, 0.2) is 0 Å². The van der Waals surface area contributed by atoms with Crippen LogP contribution in [0.5, 0.6) is 0 Å². The monoisotopic (exact) mass is 389 g/mol. The third-order valence-electron chi connectivity index (χ3n) is 4.53. The molecular formula is C21H15ClF3NO. The van der Waals surface area contributed by atoms with Gasteiger partial charge in [0.05, 0.1) is 24.3 Å². The van der Waals surface area contributed by atoms with Crippen molar-refractivity contribution < 1.29 is 17.6 Å². The van der Waals surface area contributed by atoms with Crippen LogP contribution in [0, 0.1) is 0 Å². The van der Waals surface area contributed by atoms with Gasteiger partial charge < -0.3 is 9.40 Å². The van der Waals surface area contributed by atoms with E-state index in [9.17, 15) is 13.2 Å². The first kappa shape index (κ1) is 17.7. The molecule has 1 atom stereocenters. The Balaban J connectivity index is 2.00. The predicted octanol–water partition coefficient (Wildman–Crippen LogP) is 7.17. The van der Waals surface area contributed by atoms with E-state index in [2.05, 4.69) is 4.98 Å². The van der Waals surface area contributed by atoms with Crippen molar-refractivity contribution in [2.24, 2.45) is 0 Å². The summed E-state index contributed by atoms with van der Waals surface area (Å²) in [6, 6.07) is 17.6. The summed E-state index contributed by atoms with van der Waals surface area (Å²) in [5.74, 6) is -0.689. The molecule has 0 spiro atoms. The molecular weight excluding hydrogens is 375 g/mol. The second kappa shape index (κ2) is 6.82. The highest BCUT2D eigenvalue weighted by atomic mass is 35.5. The van der Waals surface area contributed by atoms with E-state index in [-0.39, 0.29) is 5.76 Å². The fraction of sp³-hybridized carbons (Fsp3) is 0.143. The Bertz CT molecular complexity index is 1050. The van der Waals surface area contributed by atoms with E-state index in [1.807, 2.05) is 30.3 Å². The number of aromatic nitrogens is 1. The van der Waals surface area contributed by atoms with Gasteiger partial charge in [0.1, 0.15) is 5.76 Å². The minimum Gasteiger partial charge on any atom is -0.469 e. The van der Waals surface area contributed by atoms with Crippen LogP contribution in [0.4, 0.5) is 13.2 Å². The smallest absolute Gasteiger partial charge is 0.390 e. The van der Waals surface area contributed by atoms with Crippen LogP contribution in [0.2, 0.25) is 5.02 Å². The van der Waals surface area contributed by atoms with Crippen molar-refractivity contribution >= 4 is 22.5 Å². The lowest BCUT2D eigenvalue weighted by Gasteiger charge is -2.18.